The van der Waals surface area contributed by atoms with Crippen molar-refractivity contribution in [2.75, 3.05) is 25.6 Å². The molecular weight excluding hydrogens is 518 g/mol. The quantitative estimate of drug-likeness (QED) is 0.224. The lowest BCUT2D eigenvalue weighted by Crippen LogP contribution is -2.12. The number of halogens is 1. The van der Waals surface area contributed by atoms with Gasteiger partial charge in [-0.15, -0.1) is 11.3 Å². The Kier molecular flexibility index (Phi) is 9.30. The van der Waals surface area contributed by atoms with Gasteiger partial charge in [-0.05, 0) is 54.8 Å². The molecule has 0 saturated heterocycles. The summed E-state index contributed by atoms with van der Waals surface area (Å²) in [6, 6.07) is 13.1. The van der Waals surface area contributed by atoms with Gasteiger partial charge in [0.1, 0.15) is 10.6 Å². The highest BCUT2D eigenvalue weighted by molar-refractivity contribution is 9.10. The first-order valence-electron chi connectivity index (χ1n) is 10.8. The molecule has 1 aromatic heterocycles. The van der Waals surface area contributed by atoms with Crippen LogP contribution in [0.15, 0.2) is 58.4 Å². The number of amides is 1. The Hall–Kier alpha value is -3.10. The van der Waals surface area contributed by atoms with Gasteiger partial charge in [0.15, 0.2) is 11.5 Å². The molecule has 2 aromatic carbocycles. The summed E-state index contributed by atoms with van der Waals surface area (Å²) in [6.45, 7) is 4.61. The Morgan fingerprint density at radius 1 is 1.09 bits per heavy atom. The highest BCUT2D eigenvalue weighted by Crippen LogP contribution is 2.37. The minimum atomic E-state index is -0.478. The molecule has 0 saturated carbocycles. The molecule has 0 aliphatic heterocycles. The van der Waals surface area contributed by atoms with Gasteiger partial charge in [0, 0.05) is 21.5 Å². The molecule has 1 N–H and O–H groups in total. The van der Waals surface area contributed by atoms with Crippen LogP contribution in [0.1, 0.15) is 36.2 Å². The van der Waals surface area contributed by atoms with Crippen molar-refractivity contribution in [2.45, 2.75) is 20.3 Å². The van der Waals surface area contributed by atoms with E-state index in [9.17, 15) is 9.59 Å². The molecule has 3 aromatic rings. The van der Waals surface area contributed by atoms with Gasteiger partial charge >= 0.3 is 5.97 Å². The van der Waals surface area contributed by atoms with Crippen LogP contribution in [0.3, 0.4) is 0 Å². The zero-order valence-electron chi connectivity index (χ0n) is 19.2. The molecule has 3 rings (SSSR count). The zero-order chi connectivity index (χ0) is 24.5. The molecule has 1 heterocycles. The average Bonchev–Trinajstić information content (AvgIpc) is 3.25. The van der Waals surface area contributed by atoms with Crippen LogP contribution in [0.25, 0.3) is 17.2 Å². The molecule has 0 atom stereocenters. The van der Waals surface area contributed by atoms with Crippen LogP contribution in [0.5, 0.6) is 11.5 Å². The zero-order valence-corrected chi connectivity index (χ0v) is 21.6. The van der Waals surface area contributed by atoms with E-state index >= 15 is 0 Å². The summed E-state index contributed by atoms with van der Waals surface area (Å²) in [5.74, 6) is 0.412. The van der Waals surface area contributed by atoms with Crippen LogP contribution in [-0.2, 0) is 9.53 Å². The predicted octanol–water partition coefficient (Wildman–Crippen LogP) is 6.80. The number of rotatable bonds is 10. The molecular formula is C26H26BrNO5S. The number of hydrogen-bond acceptors (Lipinski definition) is 6. The molecule has 34 heavy (non-hydrogen) atoms. The van der Waals surface area contributed by atoms with Crippen LogP contribution in [-0.4, -0.2) is 32.2 Å². The monoisotopic (exact) mass is 543 g/mol. The van der Waals surface area contributed by atoms with E-state index in [2.05, 4.69) is 21.2 Å². The summed E-state index contributed by atoms with van der Waals surface area (Å²) in [5, 5.41) is 5.10. The summed E-state index contributed by atoms with van der Waals surface area (Å²) in [5.41, 5.74) is 2.69. The second kappa shape index (κ2) is 12.4. The van der Waals surface area contributed by atoms with Crippen molar-refractivity contribution in [1.29, 1.82) is 0 Å². The number of hydrogen-bond donors (Lipinski definition) is 1. The largest absolute Gasteiger partial charge is 0.493 e. The lowest BCUT2D eigenvalue weighted by molar-refractivity contribution is -0.111. The van der Waals surface area contributed by atoms with Gasteiger partial charge in [-0.25, -0.2) is 4.79 Å². The number of ether oxygens (including phenoxy) is 3. The molecule has 0 aliphatic rings. The van der Waals surface area contributed by atoms with E-state index in [1.807, 2.05) is 48.7 Å². The number of carbonyl (C=O) groups is 2. The normalized spacial score (nSPS) is 10.8. The van der Waals surface area contributed by atoms with Gasteiger partial charge in [0.25, 0.3) is 0 Å². The van der Waals surface area contributed by atoms with Crippen LogP contribution < -0.4 is 14.8 Å². The van der Waals surface area contributed by atoms with Crippen molar-refractivity contribution in [2.24, 2.45) is 0 Å². The van der Waals surface area contributed by atoms with E-state index in [0.29, 0.717) is 34.2 Å². The Labute approximate surface area is 211 Å². The van der Waals surface area contributed by atoms with E-state index in [1.165, 1.54) is 17.4 Å². The maximum absolute atomic E-state index is 12.7. The van der Waals surface area contributed by atoms with Crippen LogP contribution in [0, 0.1) is 0 Å². The Morgan fingerprint density at radius 2 is 1.85 bits per heavy atom. The topological polar surface area (TPSA) is 73.9 Å². The molecule has 0 spiro atoms. The van der Waals surface area contributed by atoms with Crippen molar-refractivity contribution < 1.29 is 23.8 Å². The van der Waals surface area contributed by atoms with E-state index < -0.39 is 5.97 Å². The molecule has 8 heteroatoms. The number of carbonyl (C=O) groups excluding carboxylic acids is 2. The first-order chi connectivity index (χ1) is 16.5. The van der Waals surface area contributed by atoms with Gasteiger partial charge in [-0.1, -0.05) is 41.1 Å². The Bertz CT molecular complexity index is 1170. The highest BCUT2D eigenvalue weighted by atomic mass is 79.9. The number of thiophene rings is 1. The first kappa shape index (κ1) is 25.5. The molecule has 0 radical (unpaired) electrons. The van der Waals surface area contributed by atoms with E-state index in [4.69, 9.17) is 14.2 Å². The SMILES string of the molecule is CCCOc1ccc(/C=C/C(=O)Nc2scc(-c3ccc(Br)cc3)c2C(=O)OCC)cc1OC. The van der Waals surface area contributed by atoms with E-state index in [0.717, 1.165) is 22.0 Å². The fraction of sp³-hybridized carbons (Fsp3) is 0.231. The Balaban J connectivity index is 1.81. The summed E-state index contributed by atoms with van der Waals surface area (Å²) in [6.07, 6.45) is 3.98. The lowest BCUT2D eigenvalue weighted by atomic mass is 10.0. The summed E-state index contributed by atoms with van der Waals surface area (Å²) >= 11 is 4.70. The van der Waals surface area contributed by atoms with Crippen molar-refractivity contribution in [3.8, 4) is 22.6 Å². The molecule has 178 valence electrons. The third-order valence-electron chi connectivity index (χ3n) is 4.74. The van der Waals surface area contributed by atoms with Crippen molar-refractivity contribution in [1.82, 2.24) is 0 Å². The van der Waals surface area contributed by atoms with Gasteiger partial charge in [-0.2, -0.15) is 0 Å². The van der Waals surface area contributed by atoms with Gasteiger partial charge in [0.2, 0.25) is 5.91 Å². The smallest absolute Gasteiger partial charge is 0.341 e. The van der Waals surface area contributed by atoms with Crippen LogP contribution in [0.4, 0.5) is 5.00 Å². The minimum absolute atomic E-state index is 0.238. The van der Waals surface area contributed by atoms with E-state index in [1.54, 1.807) is 26.2 Å². The van der Waals surface area contributed by atoms with Gasteiger partial charge < -0.3 is 19.5 Å². The second-order valence-electron chi connectivity index (χ2n) is 7.16. The molecule has 0 unspecified atom stereocenters. The number of nitrogens with one attached hydrogen (secondary N) is 1. The third kappa shape index (κ3) is 6.48. The summed E-state index contributed by atoms with van der Waals surface area (Å²) in [7, 11) is 1.57. The third-order valence-corrected chi connectivity index (χ3v) is 6.16. The lowest BCUT2D eigenvalue weighted by Gasteiger charge is -2.10. The number of anilines is 1. The van der Waals surface area contributed by atoms with Crippen LogP contribution >= 0.6 is 27.3 Å². The van der Waals surface area contributed by atoms with Crippen LogP contribution in [0.2, 0.25) is 0 Å². The molecule has 0 bridgehead atoms. The maximum Gasteiger partial charge on any atom is 0.341 e. The number of esters is 1. The predicted molar refractivity (Wildman–Crippen MR) is 140 cm³/mol. The Morgan fingerprint density at radius 3 is 2.53 bits per heavy atom. The second-order valence-corrected chi connectivity index (χ2v) is 8.96. The standard InChI is InChI=1S/C26H26BrNO5S/c1-4-14-33-21-12-6-17(15-22(21)31-3)7-13-23(29)28-25-24(26(30)32-5-2)20(16-34-25)18-8-10-19(27)11-9-18/h6-13,15-16H,4-5,14H2,1-3H3,(H,28,29)/b13-7+. The summed E-state index contributed by atoms with van der Waals surface area (Å²) in [4.78, 5) is 25.4. The average molecular weight is 544 g/mol. The minimum Gasteiger partial charge on any atom is -0.493 e. The fourth-order valence-corrected chi connectivity index (χ4v) is 4.37. The molecule has 6 nitrogen and oxygen atoms in total. The fourth-order valence-electron chi connectivity index (χ4n) is 3.14. The van der Waals surface area contributed by atoms with Crippen molar-refractivity contribution >= 4 is 50.2 Å². The summed E-state index contributed by atoms with van der Waals surface area (Å²) < 4.78 is 17.2. The highest BCUT2D eigenvalue weighted by Gasteiger charge is 2.22. The van der Waals surface area contributed by atoms with Gasteiger partial charge in [0.05, 0.1) is 20.3 Å². The van der Waals surface area contributed by atoms with Crippen molar-refractivity contribution in [3.63, 3.8) is 0 Å². The number of benzene rings is 2. The molecule has 1 amide bonds. The molecule has 0 fully saturated rings. The van der Waals surface area contributed by atoms with Gasteiger partial charge in [-0.3, -0.25) is 4.79 Å². The first-order valence-corrected chi connectivity index (χ1v) is 12.5. The van der Waals surface area contributed by atoms with Crippen molar-refractivity contribution in [3.05, 3.63) is 69.5 Å². The maximum atomic E-state index is 12.7. The number of methoxy groups -OCH3 is 1. The molecule has 0 aliphatic carbocycles. The van der Waals surface area contributed by atoms with E-state index in [-0.39, 0.29) is 12.5 Å².